The number of alkyl halides is 1. The summed E-state index contributed by atoms with van der Waals surface area (Å²) in [4.78, 5) is 21.5. The van der Waals surface area contributed by atoms with Crippen molar-refractivity contribution >= 4 is 34.2 Å². The molecule has 0 saturated carbocycles. The minimum absolute atomic E-state index is 0.0231. The van der Waals surface area contributed by atoms with Crippen LogP contribution in [0, 0.1) is 0 Å². The van der Waals surface area contributed by atoms with E-state index in [0.29, 0.717) is 6.42 Å². The number of ketones is 1. The molecule has 2 aromatic rings. The Kier molecular flexibility index (Phi) is 9.66. The second-order valence-corrected chi connectivity index (χ2v) is 5.77. The molecule has 0 amide bonds. The zero-order valence-corrected chi connectivity index (χ0v) is 15.6. The molecule has 25 heavy (non-hydrogen) atoms. The summed E-state index contributed by atoms with van der Waals surface area (Å²) in [6.07, 6.45) is 0.624. The Hall–Kier alpha value is -2.04. The summed E-state index contributed by atoms with van der Waals surface area (Å²) in [6.45, 7) is 0. The summed E-state index contributed by atoms with van der Waals surface area (Å²) in [6, 6.07) is 14.7. The molecule has 4 nitrogen and oxygen atoms in total. The maximum Gasteiger partial charge on any atom is 0.226 e. The highest BCUT2D eigenvalue weighted by atomic mass is 35.5. The number of rotatable bonds is 7. The van der Waals surface area contributed by atoms with Gasteiger partial charge >= 0.3 is 0 Å². The van der Waals surface area contributed by atoms with Crippen LogP contribution in [-0.4, -0.2) is 31.1 Å². The van der Waals surface area contributed by atoms with E-state index in [1.54, 1.807) is 20.3 Å². The van der Waals surface area contributed by atoms with Crippen molar-refractivity contribution in [2.45, 2.75) is 12.8 Å². The first-order valence-electron chi connectivity index (χ1n) is 7.50. The molecule has 0 heterocycles. The van der Waals surface area contributed by atoms with Gasteiger partial charge < -0.3 is 9.47 Å². The maximum atomic E-state index is 11.0. The van der Waals surface area contributed by atoms with Crippen LogP contribution < -0.4 is 9.47 Å². The predicted molar refractivity (Wildman–Crippen MR) is 100.0 cm³/mol. The van der Waals surface area contributed by atoms with Crippen LogP contribution in [0.3, 0.4) is 0 Å². The molecular weight excluding hydrogens is 363 g/mol. The normalized spacial score (nSPS) is 9.60. The number of carbonyl (C=O) groups is 2. The first-order valence-corrected chi connectivity index (χ1v) is 8.41. The number of hydrogen-bond donors (Lipinski definition) is 0. The molecule has 0 spiro atoms. The number of hydrogen-bond acceptors (Lipinski definition) is 4. The molecule has 0 saturated heterocycles. The van der Waals surface area contributed by atoms with E-state index in [-0.39, 0.29) is 23.3 Å². The van der Waals surface area contributed by atoms with E-state index < -0.39 is 0 Å². The largest absolute Gasteiger partial charge is 0.497 e. The lowest BCUT2D eigenvalue weighted by molar-refractivity contribution is -0.116. The van der Waals surface area contributed by atoms with E-state index in [2.05, 4.69) is 0 Å². The topological polar surface area (TPSA) is 52.6 Å². The lowest BCUT2D eigenvalue weighted by Gasteiger charge is -2.02. The Bertz CT molecular complexity index is 701. The predicted octanol–water partition coefficient (Wildman–Crippen LogP) is 4.05. The number of ether oxygens (including phenoxy) is 2. The third kappa shape index (κ3) is 8.57. The van der Waals surface area contributed by atoms with Crippen molar-refractivity contribution in [1.29, 1.82) is 0 Å². The highest BCUT2D eigenvalue weighted by molar-refractivity contribution is 6.63. The Morgan fingerprint density at radius 3 is 1.76 bits per heavy atom. The summed E-state index contributed by atoms with van der Waals surface area (Å²) < 4.78 is 10.0. The van der Waals surface area contributed by atoms with Crippen LogP contribution in [0.25, 0.3) is 0 Å². The fourth-order valence-corrected chi connectivity index (χ4v) is 2.25. The quantitative estimate of drug-likeness (QED) is 0.535. The van der Waals surface area contributed by atoms with Crippen LogP contribution in [0.5, 0.6) is 11.5 Å². The highest BCUT2D eigenvalue weighted by Crippen LogP contribution is 2.14. The molecule has 0 unspecified atom stereocenters. The zero-order valence-electron chi connectivity index (χ0n) is 14.1. The second kappa shape index (κ2) is 11.5. The van der Waals surface area contributed by atoms with Gasteiger partial charge in [0.15, 0.2) is 5.78 Å². The van der Waals surface area contributed by atoms with Crippen molar-refractivity contribution in [2.24, 2.45) is 0 Å². The van der Waals surface area contributed by atoms with E-state index in [9.17, 15) is 9.59 Å². The van der Waals surface area contributed by atoms with Gasteiger partial charge in [-0.25, -0.2) is 0 Å². The van der Waals surface area contributed by atoms with E-state index in [1.807, 2.05) is 42.5 Å². The van der Waals surface area contributed by atoms with Crippen LogP contribution in [0.4, 0.5) is 0 Å². The van der Waals surface area contributed by atoms with Gasteiger partial charge in [0.25, 0.3) is 0 Å². The SMILES string of the molecule is COc1cccc(CC(=O)CCl)c1.COc1cccc(CC(=O)Cl)c1. The van der Waals surface area contributed by atoms with Gasteiger partial charge in [0.2, 0.25) is 5.24 Å². The van der Waals surface area contributed by atoms with Gasteiger partial charge in [0.05, 0.1) is 20.1 Å². The summed E-state index contributed by atoms with van der Waals surface area (Å²) in [5.74, 6) is 1.59. The van der Waals surface area contributed by atoms with Crippen molar-refractivity contribution in [3.8, 4) is 11.5 Å². The van der Waals surface area contributed by atoms with Crippen LogP contribution >= 0.6 is 23.2 Å². The standard InChI is InChI=1S/C10H11ClO2.C9H9ClO2/c1-13-10-4-2-3-8(6-10)5-9(12)7-11;1-12-8-4-2-3-7(5-8)6-9(10)11/h2-4,6H,5,7H2,1H3;2-5H,6H2,1H3. The Labute approximate surface area is 157 Å². The highest BCUT2D eigenvalue weighted by Gasteiger charge is 2.02. The van der Waals surface area contributed by atoms with E-state index in [4.69, 9.17) is 32.7 Å². The number of methoxy groups -OCH3 is 2. The lowest BCUT2D eigenvalue weighted by Crippen LogP contribution is -2.03. The molecule has 134 valence electrons. The average molecular weight is 383 g/mol. The van der Waals surface area contributed by atoms with Gasteiger partial charge in [0.1, 0.15) is 11.5 Å². The molecule has 2 rings (SSSR count). The molecule has 0 aromatic heterocycles. The summed E-state index contributed by atoms with van der Waals surface area (Å²) >= 11 is 10.6. The van der Waals surface area contributed by atoms with Crippen molar-refractivity contribution in [3.05, 3.63) is 59.7 Å². The van der Waals surface area contributed by atoms with Gasteiger partial charge in [-0.05, 0) is 47.0 Å². The molecular formula is C19H20Cl2O4. The van der Waals surface area contributed by atoms with Crippen molar-refractivity contribution in [2.75, 3.05) is 20.1 Å². The van der Waals surface area contributed by atoms with Crippen molar-refractivity contribution < 1.29 is 19.1 Å². The minimum Gasteiger partial charge on any atom is -0.497 e. The fraction of sp³-hybridized carbons (Fsp3) is 0.263. The van der Waals surface area contributed by atoms with Crippen molar-refractivity contribution in [3.63, 3.8) is 0 Å². The molecule has 0 aliphatic rings. The Morgan fingerprint density at radius 2 is 1.36 bits per heavy atom. The molecule has 6 heteroatoms. The molecule has 0 bridgehead atoms. The maximum absolute atomic E-state index is 11.0. The third-order valence-corrected chi connectivity index (χ3v) is 3.59. The monoisotopic (exact) mass is 382 g/mol. The molecule has 0 N–H and O–H groups in total. The van der Waals surface area contributed by atoms with Crippen LogP contribution in [0.2, 0.25) is 0 Å². The second-order valence-electron chi connectivity index (χ2n) is 5.08. The lowest BCUT2D eigenvalue weighted by atomic mass is 10.1. The average Bonchev–Trinajstić information content (AvgIpc) is 2.62. The number of benzene rings is 2. The Morgan fingerprint density at radius 1 is 0.880 bits per heavy atom. The first kappa shape index (κ1) is 21.0. The summed E-state index contributed by atoms with van der Waals surface area (Å²) in [5, 5.41) is -0.358. The number of carbonyl (C=O) groups excluding carboxylic acids is 2. The first-order chi connectivity index (χ1) is 12.0. The molecule has 0 aliphatic carbocycles. The molecule has 0 atom stereocenters. The molecule has 0 radical (unpaired) electrons. The van der Waals surface area contributed by atoms with E-state index in [0.717, 1.165) is 22.6 Å². The summed E-state index contributed by atoms with van der Waals surface area (Å²) in [7, 11) is 3.18. The van der Waals surface area contributed by atoms with Crippen LogP contribution in [0.15, 0.2) is 48.5 Å². The van der Waals surface area contributed by atoms with E-state index in [1.165, 1.54) is 0 Å². The number of halogens is 2. The zero-order chi connectivity index (χ0) is 18.7. The minimum atomic E-state index is -0.358. The van der Waals surface area contributed by atoms with Gasteiger partial charge in [-0.3, -0.25) is 9.59 Å². The van der Waals surface area contributed by atoms with Crippen molar-refractivity contribution in [1.82, 2.24) is 0 Å². The van der Waals surface area contributed by atoms with Gasteiger partial charge in [-0.2, -0.15) is 0 Å². The van der Waals surface area contributed by atoms with Gasteiger partial charge in [-0.1, -0.05) is 24.3 Å². The molecule has 0 fully saturated rings. The summed E-state index contributed by atoms with van der Waals surface area (Å²) in [5.41, 5.74) is 1.80. The van der Waals surface area contributed by atoms with E-state index >= 15 is 0 Å². The van der Waals surface area contributed by atoms with Crippen LogP contribution in [0.1, 0.15) is 11.1 Å². The third-order valence-electron chi connectivity index (χ3n) is 3.16. The number of Topliss-reactive ketones (excluding diaryl/α,β-unsaturated/α-hetero) is 1. The van der Waals surface area contributed by atoms with Gasteiger partial charge in [-0.15, -0.1) is 11.6 Å². The smallest absolute Gasteiger partial charge is 0.226 e. The van der Waals surface area contributed by atoms with Crippen LogP contribution in [-0.2, 0) is 22.4 Å². The Balaban J connectivity index is 0.000000251. The fourth-order valence-electron chi connectivity index (χ4n) is 2.00. The molecule has 0 aliphatic heterocycles. The molecule has 2 aromatic carbocycles. The van der Waals surface area contributed by atoms with Gasteiger partial charge in [0, 0.05) is 12.8 Å².